The average molecular weight is 906 g/mol. The van der Waals surface area contributed by atoms with Gasteiger partial charge in [0.2, 0.25) is 17.6 Å². The number of nitrogens with one attached hydrogen (secondary N) is 2. The lowest BCUT2D eigenvalue weighted by Crippen LogP contribution is -2.53. The lowest BCUT2D eigenvalue weighted by Gasteiger charge is -2.32. The molecule has 3 aromatic rings. The van der Waals surface area contributed by atoms with Gasteiger partial charge in [-0.2, -0.15) is 0 Å². The number of carbonyl (C=O) groups is 6. The Morgan fingerprint density at radius 2 is 1.64 bits per heavy atom. The number of carbonyl (C=O) groups excluding carboxylic acids is 6. The van der Waals surface area contributed by atoms with Crippen molar-refractivity contribution in [3.05, 3.63) is 77.6 Å². The van der Waals surface area contributed by atoms with Crippen LogP contribution in [0.25, 0.3) is 0 Å². The van der Waals surface area contributed by atoms with E-state index >= 15 is 0 Å². The van der Waals surface area contributed by atoms with E-state index in [1.165, 1.54) is 40.0 Å². The van der Waals surface area contributed by atoms with Gasteiger partial charge in [-0.1, -0.05) is 79.8 Å². The molecule has 1 aliphatic heterocycles. The van der Waals surface area contributed by atoms with Gasteiger partial charge in [0.25, 0.3) is 5.91 Å². The van der Waals surface area contributed by atoms with Crippen molar-refractivity contribution in [2.75, 3.05) is 13.1 Å². The summed E-state index contributed by atoms with van der Waals surface area (Å²) in [6.07, 6.45) is 7.16. The number of benzene rings is 2. The number of Topliss-reactive ketones (excluding diaryl/α,β-unsaturated/α-hetero) is 2. The molecule has 4 amide bonds. The van der Waals surface area contributed by atoms with E-state index in [0.717, 1.165) is 37.7 Å². The number of aliphatic hydroxyl groups is 1. The number of rotatable bonds is 22. The first-order valence-electron chi connectivity index (χ1n) is 22.3. The maximum Gasteiger partial charge on any atom is 0.407 e. The monoisotopic (exact) mass is 905 g/mol. The molecule has 0 spiro atoms. The molecule has 5 rings (SSSR count). The van der Waals surface area contributed by atoms with Crippen LogP contribution < -0.4 is 16.4 Å². The van der Waals surface area contributed by atoms with Crippen LogP contribution in [0.2, 0.25) is 0 Å². The zero-order chi connectivity index (χ0) is 46.6. The third kappa shape index (κ3) is 13.3. The molecular formula is C46H63N7O10S. The van der Waals surface area contributed by atoms with Gasteiger partial charge in [-0.3, -0.25) is 24.0 Å². The summed E-state index contributed by atoms with van der Waals surface area (Å²) in [6, 6.07) is 11.9. The SMILES string of the molecule is CC(C)S(=O)(=O)c1ccc(C(=O)CC[C@H](CC2CCCCC2)C(=O)N2C[C@@H](n3nncc3C(C)(C)O)C[C@H]2C(=O)NC(CCCCNC(=O)OCc2ccccc2)C(=O)C(N)=O)cc1. The molecule has 1 saturated heterocycles. The molecule has 2 fully saturated rings. The van der Waals surface area contributed by atoms with Gasteiger partial charge in [-0.25, -0.2) is 17.9 Å². The maximum absolute atomic E-state index is 14.9. The van der Waals surface area contributed by atoms with Crippen molar-refractivity contribution in [3.8, 4) is 0 Å². The number of aromatic nitrogens is 3. The number of hydrogen-bond donors (Lipinski definition) is 4. The second-order valence-corrected chi connectivity index (χ2v) is 20.3. The first-order chi connectivity index (χ1) is 30.4. The summed E-state index contributed by atoms with van der Waals surface area (Å²) in [4.78, 5) is 82.1. The summed E-state index contributed by atoms with van der Waals surface area (Å²) in [6.45, 7) is 6.61. The highest BCUT2D eigenvalue weighted by Gasteiger charge is 2.45. The standard InChI is InChI=1S/C46H63N7O10S/c1-30(2)64(61,62)36-21-18-33(19-22-36)39(54)23-20-34(25-31-13-7-5-8-14-31)44(58)52-28-35(53-40(27-49-51-53)46(3,4)60)26-38(52)43(57)50-37(41(55)42(47)56)17-11-12-24-48-45(59)63-29-32-15-9-6-10-16-32/h6,9-10,15-16,18-19,21-22,27,30-31,34-35,37-38,60H,5,7-8,11-14,17,20,23-26,28-29H2,1-4H3,(H2,47,56)(H,48,59)(H,50,57)/t34-,35+,37?,38+/m1/s1. The molecule has 1 aliphatic carbocycles. The predicted octanol–water partition coefficient (Wildman–Crippen LogP) is 4.72. The lowest BCUT2D eigenvalue weighted by atomic mass is 9.80. The summed E-state index contributed by atoms with van der Waals surface area (Å²) < 4.78 is 32.1. The zero-order valence-electron chi connectivity index (χ0n) is 37.2. The van der Waals surface area contributed by atoms with E-state index in [4.69, 9.17) is 10.5 Å². The first kappa shape index (κ1) is 49.5. The Kier molecular flexibility index (Phi) is 17.3. The van der Waals surface area contributed by atoms with Gasteiger partial charge in [0.05, 0.1) is 34.1 Å². The number of amides is 4. The van der Waals surface area contributed by atoms with Crippen LogP contribution in [-0.4, -0.2) is 99.2 Å². The fourth-order valence-electron chi connectivity index (χ4n) is 8.54. The number of sulfone groups is 1. The largest absolute Gasteiger partial charge is 0.445 e. The molecule has 0 bridgehead atoms. The van der Waals surface area contributed by atoms with Crippen LogP contribution in [0.5, 0.6) is 0 Å². The van der Waals surface area contributed by atoms with E-state index in [1.54, 1.807) is 27.7 Å². The van der Waals surface area contributed by atoms with Crippen LogP contribution >= 0.6 is 0 Å². The Labute approximate surface area is 375 Å². The van der Waals surface area contributed by atoms with Crippen molar-refractivity contribution in [2.45, 2.75) is 145 Å². The number of primary amides is 1. The molecule has 348 valence electrons. The van der Waals surface area contributed by atoms with E-state index in [2.05, 4.69) is 20.9 Å². The number of alkyl carbamates (subject to hydrolysis) is 1. The Balaban J connectivity index is 1.33. The number of nitrogens with two attached hydrogens (primary N) is 1. The van der Waals surface area contributed by atoms with Gasteiger partial charge in [0.15, 0.2) is 15.6 Å². The molecule has 1 aromatic heterocycles. The van der Waals surface area contributed by atoms with Gasteiger partial charge in [-0.05, 0) is 83.4 Å². The van der Waals surface area contributed by atoms with Crippen LogP contribution in [0.1, 0.15) is 132 Å². The second-order valence-electron chi connectivity index (χ2n) is 17.8. The third-order valence-corrected chi connectivity index (χ3v) is 14.4. The molecule has 1 unspecified atom stereocenters. The summed E-state index contributed by atoms with van der Waals surface area (Å²) in [5.74, 6) is -4.00. The van der Waals surface area contributed by atoms with Gasteiger partial charge in [0.1, 0.15) is 18.2 Å². The van der Waals surface area contributed by atoms with E-state index in [0.29, 0.717) is 30.5 Å². The van der Waals surface area contributed by atoms with E-state index < -0.39 is 68.4 Å². The Morgan fingerprint density at radius 1 is 0.953 bits per heavy atom. The molecule has 2 aromatic carbocycles. The topological polar surface area (TPSA) is 250 Å². The highest BCUT2D eigenvalue weighted by molar-refractivity contribution is 7.92. The van der Waals surface area contributed by atoms with E-state index in [1.807, 2.05) is 30.3 Å². The van der Waals surface area contributed by atoms with Crippen molar-refractivity contribution in [2.24, 2.45) is 17.6 Å². The van der Waals surface area contributed by atoms with Crippen LogP contribution in [0, 0.1) is 11.8 Å². The molecule has 18 heteroatoms. The highest BCUT2D eigenvalue weighted by Crippen LogP contribution is 2.36. The quantitative estimate of drug-likeness (QED) is 0.0608. The van der Waals surface area contributed by atoms with Crippen molar-refractivity contribution in [1.82, 2.24) is 30.5 Å². The molecule has 1 saturated carbocycles. The maximum atomic E-state index is 14.9. The summed E-state index contributed by atoms with van der Waals surface area (Å²) in [7, 11) is -3.54. The van der Waals surface area contributed by atoms with Crippen molar-refractivity contribution >= 4 is 45.2 Å². The van der Waals surface area contributed by atoms with E-state index in [-0.39, 0.29) is 67.9 Å². The molecule has 64 heavy (non-hydrogen) atoms. The number of ether oxygens (including phenoxy) is 1. The Morgan fingerprint density at radius 3 is 2.28 bits per heavy atom. The molecule has 4 atom stereocenters. The molecule has 2 aliphatic rings. The summed E-state index contributed by atoms with van der Waals surface area (Å²) >= 11 is 0. The van der Waals surface area contributed by atoms with Crippen LogP contribution in [-0.2, 0) is 46.0 Å². The van der Waals surface area contributed by atoms with Crippen molar-refractivity contribution in [3.63, 3.8) is 0 Å². The normalized spacial score (nSPS) is 18.0. The molecule has 0 radical (unpaired) electrons. The molecule has 5 N–H and O–H groups in total. The smallest absolute Gasteiger partial charge is 0.407 e. The van der Waals surface area contributed by atoms with Crippen molar-refractivity contribution < 1.29 is 47.0 Å². The Bertz CT molecular complexity index is 2200. The minimum Gasteiger partial charge on any atom is -0.445 e. The summed E-state index contributed by atoms with van der Waals surface area (Å²) in [5, 5.41) is 23.9. The number of unbranched alkanes of at least 4 members (excludes halogenated alkanes) is 1. The zero-order valence-corrected chi connectivity index (χ0v) is 38.1. The molecule has 17 nitrogen and oxygen atoms in total. The molecular weight excluding hydrogens is 843 g/mol. The van der Waals surface area contributed by atoms with E-state index in [9.17, 15) is 42.3 Å². The van der Waals surface area contributed by atoms with Gasteiger partial charge < -0.3 is 31.1 Å². The van der Waals surface area contributed by atoms with Crippen LogP contribution in [0.3, 0.4) is 0 Å². The second kappa shape index (κ2) is 22.4. The minimum absolute atomic E-state index is 0.00470. The van der Waals surface area contributed by atoms with Crippen LogP contribution in [0.4, 0.5) is 4.79 Å². The van der Waals surface area contributed by atoms with Gasteiger partial charge >= 0.3 is 6.09 Å². The fourth-order valence-corrected chi connectivity index (χ4v) is 9.60. The average Bonchev–Trinajstić information content (AvgIpc) is 3.96. The fraction of sp³-hybridized carbons (Fsp3) is 0.565. The predicted molar refractivity (Wildman–Crippen MR) is 236 cm³/mol. The van der Waals surface area contributed by atoms with Gasteiger partial charge in [0, 0.05) is 37.4 Å². The Hall–Kier alpha value is -5.49. The minimum atomic E-state index is -3.54. The lowest BCUT2D eigenvalue weighted by molar-refractivity contribution is -0.143. The number of likely N-dealkylation sites (tertiary alicyclic amines) is 1. The first-order valence-corrected chi connectivity index (χ1v) is 23.8. The van der Waals surface area contributed by atoms with Crippen molar-refractivity contribution in [1.29, 1.82) is 0 Å². The number of hydrogen-bond acceptors (Lipinski definition) is 12. The van der Waals surface area contributed by atoms with Gasteiger partial charge in [-0.15, -0.1) is 5.10 Å². The number of ketones is 2. The third-order valence-electron chi connectivity index (χ3n) is 12.2. The molecule has 2 heterocycles. The highest BCUT2D eigenvalue weighted by atomic mass is 32.2. The van der Waals surface area contributed by atoms with Crippen LogP contribution in [0.15, 0.2) is 65.7 Å². The summed E-state index contributed by atoms with van der Waals surface area (Å²) in [5.41, 5.74) is 5.57. The number of nitrogens with zero attached hydrogens (tertiary/aromatic N) is 4.